The molecule has 2 aromatic rings. The van der Waals surface area contributed by atoms with Crippen molar-refractivity contribution >= 4 is 11.9 Å². The number of hydrogen-bond acceptors (Lipinski definition) is 3. The Balaban J connectivity index is 1.49. The highest BCUT2D eigenvalue weighted by atomic mass is 16.5. The Labute approximate surface area is 152 Å². The van der Waals surface area contributed by atoms with Crippen molar-refractivity contribution in [3.63, 3.8) is 0 Å². The van der Waals surface area contributed by atoms with E-state index >= 15 is 0 Å². The van der Waals surface area contributed by atoms with E-state index in [0.717, 1.165) is 23.5 Å². The van der Waals surface area contributed by atoms with Crippen molar-refractivity contribution in [2.75, 3.05) is 13.2 Å². The number of fused-ring (bicyclic) bond motifs is 1. The van der Waals surface area contributed by atoms with Crippen LogP contribution in [0.1, 0.15) is 40.2 Å². The van der Waals surface area contributed by atoms with E-state index in [9.17, 15) is 14.7 Å². The van der Waals surface area contributed by atoms with E-state index in [1.54, 1.807) is 17.0 Å². The Kier molecular flexibility index (Phi) is 4.37. The summed E-state index contributed by atoms with van der Waals surface area (Å²) in [5.74, 6) is -0.304. The Bertz CT molecular complexity index is 826. The zero-order valence-corrected chi connectivity index (χ0v) is 14.4. The maximum Gasteiger partial charge on any atom is 0.312 e. The zero-order chi connectivity index (χ0) is 18.1. The number of carbonyl (C=O) groups is 2. The van der Waals surface area contributed by atoms with Gasteiger partial charge in [-0.3, -0.25) is 9.59 Å². The van der Waals surface area contributed by atoms with E-state index < -0.39 is 11.9 Å². The van der Waals surface area contributed by atoms with Crippen molar-refractivity contribution in [3.05, 3.63) is 65.2 Å². The molecule has 2 aliphatic rings. The predicted molar refractivity (Wildman–Crippen MR) is 96.2 cm³/mol. The normalized spacial score (nSPS) is 18.9. The number of aliphatic carboxylic acids is 1. The van der Waals surface area contributed by atoms with Crippen LogP contribution in [0.3, 0.4) is 0 Å². The van der Waals surface area contributed by atoms with E-state index in [1.807, 2.05) is 36.4 Å². The number of ether oxygens (including phenoxy) is 1. The summed E-state index contributed by atoms with van der Waals surface area (Å²) in [4.78, 5) is 26.1. The predicted octanol–water partition coefficient (Wildman–Crippen LogP) is 3.30. The van der Waals surface area contributed by atoms with Crippen LogP contribution in [0.25, 0.3) is 0 Å². The summed E-state index contributed by atoms with van der Waals surface area (Å²) in [6, 6.07) is 14.6. The third-order valence-corrected chi connectivity index (χ3v) is 5.06. The third-order valence-electron chi connectivity index (χ3n) is 5.06. The summed E-state index contributed by atoms with van der Waals surface area (Å²) < 4.78 is 5.70. The molecule has 1 heterocycles. The molecular formula is C21H21NO4. The van der Waals surface area contributed by atoms with Crippen LogP contribution >= 0.6 is 0 Å². The molecule has 0 aromatic heterocycles. The van der Waals surface area contributed by atoms with Crippen LogP contribution in [0.15, 0.2) is 48.5 Å². The molecule has 1 atom stereocenters. The van der Waals surface area contributed by atoms with Gasteiger partial charge < -0.3 is 14.7 Å². The second kappa shape index (κ2) is 6.83. The number of carbonyl (C=O) groups excluding carboxylic acids is 1. The van der Waals surface area contributed by atoms with Gasteiger partial charge in [-0.25, -0.2) is 0 Å². The van der Waals surface area contributed by atoms with Crippen molar-refractivity contribution in [3.8, 4) is 5.75 Å². The summed E-state index contributed by atoms with van der Waals surface area (Å²) in [5.41, 5.74) is 2.24. The third kappa shape index (κ3) is 3.43. The van der Waals surface area contributed by atoms with Crippen LogP contribution in [-0.4, -0.2) is 35.0 Å². The van der Waals surface area contributed by atoms with Gasteiger partial charge in [0, 0.05) is 18.7 Å². The second-order valence-corrected chi connectivity index (χ2v) is 7.05. The first-order valence-corrected chi connectivity index (χ1v) is 8.94. The largest absolute Gasteiger partial charge is 0.493 e. The number of hydrogen-bond donors (Lipinski definition) is 1. The maximum atomic E-state index is 12.9. The Morgan fingerprint density at radius 3 is 2.50 bits per heavy atom. The van der Waals surface area contributed by atoms with Gasteiger partial charge in [-0.15, -0.1) is 0 Å². The first kappa shape index (κ1) is 16.6. The van der Waals surface area contributed by atoms with Gasteiger partial charge >= 0.3 is 5.97 Å². The molecule has 1 aliphatic carbocycles. The topological polar surface area (TPSA) is 66.8 Å². The Morgan fingerprint density at radius 2 is 1.81 bits per heavy atom. The summed E-state index contributed by atoms with van der Waals surface area (Å²) in [7, 11) is 0. The van der Waals surface area contributed by atoms with Gasteiger partial charge in [-0.1, -0.05) is 24.3 Å². The highest BCUT2D eigenvalue weighted by molar-refractivity contribution is 5.95. The van der Waals surface area contributed by atoms with Crippen LogP contribution < -0.4 is 4.74 Å². The summed E-state index contributed by atoms with van der Waals surface area (Å²) in [5, 5.41) is 9.55. The molecule has 4 rings (SSSR count). The number of nitrogens with zero attached hydrogens (tertiary/aromatic N) is 1. The summed E-state index contributed by atoms with van der Waals surface area (Å²) in [6.45, 7) is 1.35. The lowest BCUT2D eigenvalue weighted by Crippen LogP contribution is -2.40. The lowest BCUT2D eigenvalue weighted by molar-refractivity contribution is -0.139. The fourth-order valence-electron chi connectivity index (χ4n) is 3.35. The van der Waals surface area contributed by atoms with E-state index in [2.05, 4.69) is 0 Å². The fraction of sp³-hybridized carbons (Fsp3) is 0.333. The van der Waals surface area contributed by atoms with Gasteiger partial charge in [-0.05, 0) is 54.2 Å². The average Bonchev–Trinajstić information content (AvgIpc) is 3.49. The standard InChI is InChI=1S/C21H21NO4/c23-20(15-7-9-17(10-8-15)26-13-14-5-6-14)22-11-16-3-1-2-4-18(16)19(12-22)21(24)25/h1-4,7-10,14,19H,5-6,11-13H2,(H,24,25). The van der Waals surface area contributed by atoms with Gasteiger partial charge in [-0.2, -0.15) is 0 Å². The van der Waals surface area contributed by atoms with E-state index in [4.69, 9.17) is 4.74 Å². The molecule has 1 N–H and O–H groups in total. The molecular weight excluding hydrogens is 330 g/mol. The fourth-order valence-corrected chi connectivity index (χ4v) is 3.35. The Hall–Kier alpha value is -2.82. The number of carboxylic acid groups (broad SMARTS) is 1. The molecule has 5 heteroatoms. The van der Waals surface area contributed by atoms with Crippen LogP contribution in [0.5, 0.6) is 5.75 Å². The lowest BCUT2D eigenvalue weighted by atomic mass is 9.89. The lowest BCUT2D eigenvalue weighted by Gasteiger charge is -2.32. The summed E-state index contributed by atoms with van der Waals surface area (Å²) in [6.07, 6.45) is 2.47. The van der Waals surface area contributed by atoms with Crippen LogP contribution in [0, 0.1) is 5.92 Å². The maximum absolute atomic E-state index is 12.9. The highest BCUT2D eigenvalue weighted by Gasteiger charge is 2.32. The monoisotopic (exact) mass is 351 g/mol. The molecule has 1 unspecified atom stereocenters. The van der Waals surface area contributed by atoms with Gasteiger partial charge in [0.15, 0.2) is 0 Å². The molecule has 1 amide bonds. The SMILES string of the molecule is O=C(O)C1CN(C(=O)c2ccc(OCC3CC3)cc2)Cc2ccccc21. The second-order valence-electron chi connectivity index (χ2n) is 7.05. The van der Waals surface area contributed by atoms with Crippen LogP contribution in [0.2, 0.25) is 0 Å². The minimum Gasteiger partial charge on any atom is -0.493 e. The molecule has 1 fully saturated rings. The van der Waals surface area contributed by atoms with Gasteiger partial charge in [0.2, 0.25) is 0 Å². The number of carboxylic acids is 1. The first-order valence-electron chi connectivity index (χ1n) is 8.94. The summed E-state index contributed by atoms with van der Waals surface area (Å²) >= 11 is 0. The molecule has 1 aliphatic heterocycles. The van der Waals surface area contributed by atoms with E-state index in [1.165, 1.54) is 12.8 Å². The molecule has 2 aromatic carbocycles. The smallest absolute Gasteiger partial charge is 0.312 e. The number of benzene rings is 2. The van der Waals surface area contributed by atoms with Gasteiger partial charge in [0.05, 0.1) is 12.5 Å². The molecule has 134 valence electrons. The van der Waals surface area contributed by atoms with Crippen molar-refractivity contribution in [1.82, 2.24) is 4.90 Å². The average molecular weight is 351 g/mol. The minimum absolute atomic E-state index is 0.153. The van der Waals surface area contributed by atoms with Gasteiger partial charge in [0.25, 0.3) is 5.91 Å². The van der Waals surface area contributed by atoms with E-state index in [-0.39, 0.29) is 12.5 Å². The van der Waals surface area contributed by atoms with Crippen molar-refractivity contribution in [2.45, 2.75) is 25.3 Å². The van der Waals surface area contributed by atoms with E-state index in [0.29, 0.717) is 18.0 Å². The van der Waals surface area contributed by atoms with Crippen LogP contribution in [0.4, 0.5) is 0 Å². The minimum atomic E-state index is -0.904. The molecule has 0 saturated heterocycles. The molecule has 1 saturated carbocycles. The van der Waals surface area contributed by atoms with Crippen molar-refractivity contribution < 1.29 is 19.4 Å². The quantitative estimate of drug-likeness (QED) is 0.897. The molecule has 0 bridgehead atoms. The zero-order valence-electron chi connectivity index (χ0n) is 14.4. The van der Waals surface area contributed by atoms with Crippen molar-refractivity contribution in [1.29, 1.82) is 0 Å². The molecule has 0 spiro atoms. The molecule has 5 nitrogen and oxygen atoms in total. The van der Waals surface area contributed by atoms with Gasteiger partial charge in [0.1, 0.15) is 5.75 Å². The number of rotatable bonds is 5. The molecule has 26 heavy (non-hydrogen) atoms. The van der Waals surface area contributed by atoms with Crippen molar-refractivity contribution in [2.24, 2.45) is 5.92 Å². The van der Waals surface area contributed by atoms with Crippen LogP contribution in [-0.2, 0) is 11.3 Å². The Morgan fingerprint density at radius 1 is 1.08 bits per heavy atom. The first-order chi connectivity index (χ1) is 12.6. The highest BCUT2D eigenvalue weighted by Crippen LogP contribution is 2.31. The number of amides is 1. The molecule has 0 radical (unpaired) electrons.